The maximum absolute atomic E-state index is 13.4. The van der Waals surface area contributed by atoms with E-state index in [0.717, 1.165) is 19.3 Å². The number of nitrogens with one attached hydrogen (secondary N) is 1. The highest BCUT2D eigenvalue weighted by molar-refractivity contribution is 7.89. The van der Waals surface area contributed by atoms with Crippen LogP contribution in [0.25, 0.3) is 0 Å². The second-order valence-corrected chi connectivity index (χ2v) is 10.9. The van der Waals surface area contributed by atoms with Gasteiger partial charge in [0.15, 0.2) is 0 Å². The molecule has 7 heteroatoms. The van der Waals surface area contributed by atoms with Crippen LogP contribution in [0.3, 0.4) is 0 Å². The molecule has 2 bridgehead atoms. The van der Waals surface area contributed by atoms with Crippen LogP contribution in [-0.4, -0.2) is 32.7 Å². The third-order valence-electron chi connectivity index (χ3n) is 7.45. The number of hydrogen-bond donors (Lipinski definition) is 1. The zero-order chi connectivity index (χ0) is 20.2. The summed E-state index contributed by atoms with van der Waals surface area (Å²) in [5.74, 6) is -0.213. The van der Waals surface area contributed by atoms with Crippen molar-refractivity contribution < 1.29 is 22.3 Å². The van der Waals surface area contributed by atoms with E-state index < -0.39 is 21.5 Å². The summed E-state index contributed by atoms with van der Waals surface area (Å²) in [7, 11) is -3.75. The summed E-state index contributed by atoms with van der Waals surface area (Å²) >= 11 is 0. The number of carbonyl (C=O) groups is 1. The van der Waals surface area contributed by atoms with Gasteiger partial charge >= 0.3 is 0 Å². The van der Waals surface area contributed by atoms with E-state index in [0.29, 0.717) is 25.0 Å². The van der Waals surface area contributed by atoms with Gasteiger partial charge in [0.25, 0.3) is 0 Å². The van der Waals surface area contributed by atoms with Gasteiger partial charge in [-0.1, -0.05) is 26.0 Å². The molecule has 4 atom stereocenters. The van der Waals surface area contributed by atoms with Crippen molar-refractivity contribution in [3.63, 3.8) is 0 Å². The molecule has 0 spiro atoms. The molecular formula is C21H28FNO4S. The quantitative estimate of drug-likeness (QED) is 0.782. The SMILES string of the molecule is CC1(C)[C@H]2CC[C@@]1(CS(=O)(=O)N[C@H](c1ccc(F)cc1)[C@H]1CCCO1)C(=O)C2. The summed E-state index contributed by atoms with van der Waals surface area (Å²) in [6, 6.07) is 5.27. The summed E-state index contributed by atoms with van der Waals surface area (Å²) in [5.41, 5.74) is -0.447. The number of halogens is 1. The molecule has 3 fully saturated rings. The van der Waals surface area contributed by atoms with Gasteiger partial charge in [0, 0.05) is 18.4 Å². The maximum atomic E-state index is 13.4. The van der Waals surface area contributed by atoms with Crippen LogP contribution < -0.4 is 4.72 Å². The van der Waals surface area contributed by atoms with E-state index in [2.05, 4.69) is 4.72 Å². The number of Topliss-reactive ketones (excluding diaryl/α,β-unsaturated/α-hetero) is 1. The first kappa shape index (κ1) is 20.0. The average Bonchev–Trinajstić information content (AvgIpc) is 3.27. The number of ketones is 1. The van der Waals surface area contributed by atoms with E-state index in [1.54, 1.807) is 12.1 Å². The van der Waals surface area contributed by atoms with Crippen molar-refractivity contribution >= 4 is 15.8 Å². The number of sulfonamides is 1. The Morgan fingerprint density at radius 2 is 1.96 bits per heavy atom. The molecule has 0 aromatic heterocycles. The summed E-state index contributed by atoms with van der Waals surface area (Å²) in [6.07, 6.45) is 3.33. The molecule has 4 rings (SSSR count). The van der Waals surface area contributed by atoms with Gasteiger partial charge in [0.1, 0.15) is 11.6 Å². The second-order valence-electron chi connectivity index (χ2n) is 9.12. The van der Waals surface area contributed by atoms with E-state index in [4.69, 9.17) is 4.74 Å². The molecule has 2 saturated carbocycles. The summed E-state index contributed by atoms with van der Waals surface area (Å²) < 4.78 is 48.3. The monoisotopic (exact) mass is 409 g/mol. The Morgan fingerprint density at radius 1 is 1.25 bits per heavy atom. The van der Waals surface area contributed by atoms with Crippen molar-refractivity contribution in [2.75, 3.05) is 12.4 Å². The molecule has 28 heavy (non-hydrogen) atoms. The molecule has 1 aromatic carbocycles. The van der Waals surface area contributed by atoms with Gasteiger partial charge in [0.2, 0.25) is 10.0 Å². The van der Waals surface area contributed by atoms with Gasteiger partial charge < -0.3 is 4.74 Å². The molecule has 154 valence electrons. The summed E-state index contributed by atoms with van der Waals surface area (Å²) in [6.45, 7) is 4.65. The maximum Gasteiger partial charge on any atom is 0.213 e. The van der Waals surface area contributed by atoms with Gasteiger partial charge in [-0.2, -0.15) is 0 Å². The number of benzene rings is 1. The van der Waals surface area contributed by atoms with E-state index in [-0.39, 0.29) is 34.8 Å². The minimum absolute atomic E-state index is 0.0783. The van der Waals surface area contributed by atoms with E-state index in [1.807, 2.05) is 13.8 Å². The van der Waals surface area contributed by atoms with Crippen LogP contribution in [0.2, 0.25) is 0 Å². The summed E-state index contributed by atoms with van der Waals surface area (Å²) in [5, 5.41) is 0. The van der Waals surface area contributed by atoms with Crippen molar-refractivity contribution in [3.05, 3.63) is 35.6 Å². The zero-order valence-corrected chi connectivity index (χ0v) is 17.2. The molecule has 0 unspecified atom stereocenters. The predicted molar refractivity (Wildman–Crippen MR) is 104 cm³/mol. The van der Waals surface area contributed by atoms with E-state index >= 15 is 0 Å². The second kappa shape index (κ2) is 6.89. The van der Waals surface area contributed by atoms with Crippen molar-refractivity contribution in [1.82, 2.24) is 4.72 Å². The summed E-state index contributed by atoms with van der Waals surface area (Å²) in [4.78, 5) is 12.7. The van der Waals surface area contributed by atoms with Gasteiger partial charge in [-0.15, -0.1) is 0 Å². The lowest BCUT2D eigenvalue weighted by Gasteiger charge is -2.37. The highest BCUT2D eigenvalue weighted by Gasteiger charge is 2.65. The molecule has 1 N–H and O–H groups in total. The molecule has 5 nitrogen and oxygen atoms in total. The van der Waals surface area contributed by atoms with Crippen molar-refractivity contribution in [2.45, 2.75) is 58.1 Å². The first-order chi connectivity index (χ1) is 13.1. The normalized spacial score (nSPS) is 32.8. The third kappa shape index (κ3) is 3.21. The molecule has 1 saturated heterocycles. The lowest BCUT2D eigenvalue weighted by molar-refractivity contribution is -0.128. The Balaban J connectivity index is 1.61. The smallest absolute Gasteiger partial charge is 0.213 e. The third-order valence-corrected chi connectivity index (χ3v) is 8.93. The van der Waals surface area contributed by atoms with Crippen molar-refractivity contribution in [2.24, 2.45) is 16.7 Å². The van der Waals surface area contributed by atoms with Crippen molar-refractivity contribution in [3.8, 4) is 0 Å². The Hall–Kier alpha value is -1.31. The van der Waals surface area contributed by atoms with Gasteiger partial charge in [-0.3, -0.25) is 4.79 Å². The largest absolute Gasteiger partial charge is 0.376 e. The number of rotatable bonds is 6. The number of hydrogen-bond acceptors (Lipinski definition) is 4. The minimum Gasteiger partial charge on any atom is -0.376 e. The fourth-order valence-corrected chi connectivity index (χ4v) is 7.65. The van der Waals surface area contributed by atoms with Gasteiger partial charge in [-0.05, 0) is 54.7 Å². The van der Waals surface area contributed by atoms with Crippen LogP contribution in [0, 0.1) is 22.6 Å². The highest BCUT2D eigenvalue weighted by Crippen LogP contribution is 2.64. The van der Waals surface area contributed by atoms with Gasteiger partial charge in [0.05, 0.1) is 17.9 Å². The molecule has 1 heterocycles. The number of fused-ring (bicyclic) bond motifs is 2. The van der Waals surface area contributed by atoms with E-state index in [1.165, 1.54) is 12.1 Å². The number of carbonyl (C=O) groups excluding carboxylic acids is 1. The lowest BCUT2D eigenvalue weighted by atomic mass is 9.70. The van der Waals surface area contributed by atoms with Crippen LogP contribution >= 0.6 is 0 Å². The molecule has 3 aliphatic rings. The molecule has 1 aromatic rings. The van der Waals surface area contributed by atoms with Crippen LogP contribution in [-0.2, 0) is 19.6 Å². The molecule has 0 amide bonds. The van der Waals surface area contributed by atoms with E-state index in [9.17, 15) is 17.6 Å². The topological polar surface area (TPSA) is 72.5 Å². The average molecular weight is 410 g/mol. The molecule has 1 aliphatic heterocycles. The van der Waals surface area contributed by atoms with Crippen molar-refractivity contribution in [1.29, 1.82) is 0 Å². The highest BCUT2D eigenvalue weighted by atomic mass is 32.2. The van der Waals surface area contributed by atoms with Gasteiger partial charge in [-0.25, -0.2) is 17.5 Å². The zero-order valence-electron chi connectivity index (χ0n) is 16.4. The first-order valence-electron chi connectivity index (χ1n) is 10.0. The molecule has 0 radical (unpaired) electrons. The molecule has 2 aliphatic carbocycles. The predicted octanol–water partition coefficient (Wildman–Crippen LogP) is 3.36. The minimum atomic E-state index is -3.75. The Kier molecular flexibility index (Phi) is 4.91. The Labute approximate surface area is 166 Å². The Morgan fingerprint density at radius 3 is 2.50 bits per heavy atom. The van der Waals surface area contributed by atoms with Crippen LogP contribution in [0.15, 0.2) is 24.3 Å². The number of ether oxygens (including phenoxy) is 1. The first-order valence-corrected chi connectivity index (χ1v) is 11.7. The van der Waals surface area contributed by atoms with Crippen LogP contribution in [0.4, 0.5) is 4.39 Å². The fourth-order valence-electron chi connectivity index (χ4n) is 5.56. The van der Waals surface area contributed by atoms with Crippen LogP contribution in [0.5, 0.6) is 0 Å². The standard InChI is InChI=1S/C21H28FNO4S/c1-20(2)15-9-10-21(20,18(24)12-15)13-28(25,26)23-19(17-4-3-11-27-17)14-5-7-16(22)8-6-14/h5-8,15,17,19,23H,3-4,9-13H2,1-2H3/t15-,17+,19+,21+/m0/s1. The Bertz CT molecular complexity index is 861. The van der Waals surface area contributed by atoms with Crippen LogP contribution in [0.1, 0.15) is 57.6 Å². The molecular weight excluding hydrogens is 381 g/mol. The lowest BCUT2D eigenvalue weighted by Crippen LogP contribution is -2.47. The fraction of sp³-hybridized carbons (Fsp3) is 0.667.